The molecule has 0 aliphatic rings. The van der Waals surface area contributed by atoms with Crippen molar-refractivity contribution in [2.75, 3.05) is 11.9 Å². The van der Waals surface area contributed by atoms with Gasteiger partial charge in [0.05, 0.1) is 32.5 Å². The summed E-state index contributed by atoms with van der Waals surface area (Å²) in [5.41, 5.74) is 3.98. The van der Waals surface area contributed by atoms with Gasteiger partial charge in [0, 0.05) is 10.9 Å². The number of amides is 1. The number of nitrogens with zero attached hydrogens (tertiary/aromatic N) is 1. The lowest BCUT2D eigenvalue weighted by Crippen LogP contribution is -2.21. The Morgan fingerprint density at radius 1 is 0.969 bits per heavy atom. The molecule has 32 heavy (non-hydrogen) atoms. The Morgan fingerprint density at radius 2 is 1.72 bits per heavy atom. The van der Waals surface area contributed by atoms with Gasteiger partial charge in [0.2, 0.25) is 0 Å². The summed E-state index contributed by atoms with van der Waals surface area (Å²) in [6.07, 6.45) is 0. The number of hydrogen-bond donors (Lipinski definition) is 1. The Hall–Kier alpha value is -3.41. The van der Waals surface area contributed by atoms with Gasteiger partial charge < -0.3 is 10.1 Å². The monoisotopic (exact) mass is 464 g/mol. The highest BCUT2D eigenvalue weighted by molar-refractivity contribution is 6.44. The second-order valence-corrected chi connectivity index (χ2v) is 7.95. The Balaban J connectivity index is 1.56. The summed E-state index contributed by atoms with van der Waals surface area (Å²) < 4.78 is 5.30. The molecule has 1 aromatic heterocycles. The van der Waals surface area contributed by atoms with Crippen molar-refractivity contribution in [1.82, 2.24) is 4.98 Å². The SMILES string of the molecule is Cc1ccc(-c2cc(C(=O)OCC(=O)Nc3cccc(Cl)c3Cl)c3ccccc3n2)cc1. The molecule has 5 nitrogen and oxygen atoms in total. The van der Waals surface area contributed by atoms with Crippen LogP contribution in [0.2, 0.25) is 10.0 Å². The molecule has 7 heteroatoms. The van der Waals surface area contributed by atoms with E-state index in [1.165, 1.54) is 0 Å². The molecule has 0 saturated carbocycles. The fourth-order valence-electron chi connectivity index (χ4n) is 3.21. The number of benzene rings is 3. The van der Waals surface area contributed by atoms with Crippen molar-refractivity contribution in [3.63, 3.8) is 0 Å². The van der Waals surface area contributed by atoms with Crippen molar-refractivity contribution >= 4 is 51.7 Å². The van der Waals surface area contributed by atoms with Crippen LogP contribution in [0.4, 0.5) is 5.69 Å². The molecule has 4 aromatic rings. The van der Waals surface area contributed by atoms with E-state index in [0.29, 0.717) is 32.9 Å². The van der Waals surface area contributed by atoms with Crippen LogP contribution in [-0.4, -0.2) is 23.5 Å². The van der Waals surface area contributed by atoms with Crippen molar-refractivity contribution in [2.24, 2.45) is 0 Å². The first-order valence-corrected chi connectivity index (χ1v) is 10.6. The van der Waals surface area contributed by atoms with Crippen LogP contribution in [0, 0.1) is 6.92 Å². The number of para-hydroxylation sites is 1. The Bertz CT molecular complexity index is 1320. The first-order valence-electron chi connectivity index (χ1n) is 9.80. The van der Waals surface area contributed by atoms with Gasteiger partial charge in [0.25, 0.3) is 5.91 Å². The van der Waals surface area contributed by atoms with Gasteiger partial charge in [-0.2, -0.15) is 0 Å². The van der Waals surface area contributed by atoms with E-state index < -0.39 is 18.5 Å². The average Bonchev–Trinajstić information content (AvgIpc) is 2.80. The summed E-state index contributed by atoms with van der Waals surface area (Å²) in [6, 6.07) is 21.7. The van der Waals surface area contributed by atoms with Gasteiger partial charge in [-0.3, -0.25) is 4.79 Å². The quantitative estimate of drug-likeness (QED) is 0.351. The van der Waals surface area contributed by atoms with Gasteiger partial charge in [-0.25, -0.2) is 9.78 Å². The molecule has 1 heterocycles. The fraction of sp³-hybridized carbons (Fsp3) is 0.0800. The smallest absolute Gasteiger partial charge is 0.339 e. The van der Waals surface area contributed by atoms with Gasteiger partial charge in [-0.15, -0.1) is 0 Å². The van der Waals surface area contributed by atoms with Gasteiger partial charge in [-0.05, 0) is 31.2 Å². The van der Waals surface area contributed by atoms with Gasteiger partial charge in [0.15, 0.2) is 6.61 Å². The summed E-state index contributed by atoms with van der Waals surface area (Å²) in [6.45, 7) is 1.53. The van der Waals surface area contributed by atoms with Crippen LogP contribution in [0.25, 0.3) is 22.2 Å². The summed E-state index contributed by atoms with van der Waals surface area (Å²) in [5.74, 6) is -1.15. The molecule has 0 spiro atoms. The molecule has 0 saturated heterocycles. The maximum absolute atomic E-state index is 12.9. The third-order valence-electron chi connectivity index (χ3n) is 4.84. The molecule has 1 N–H and O–H groups in total. The van der Waals surface area contributed by atoms with Crippen LogP contribution >= 0.6 is 23.2 Å². The highest BCUT2D eigenvalue weighted by Gasteiger charge is 2.17. The van der Waals surface area contributed by atoms with Crippen LogP contribution in [0.5, 0.6) is 0 Å². The molecule has 0 radical (unpaired) electrons. The number of nitrogens with one attached hydrogen (secondary N) is 1. The van der Waals surface area contributed by atoms with E-state index in [-0.39, 0.29) is 5.02 Å². The van der Waals surface area contributed by atoms with Gasteiger partial charge in [-0.1, -0.05) is 77.3 Å². The third kappa shape index (κ3) is 4.74. The molecule has 3 aromatic carbocycles. The second kappa shape index (κ2) is 9.39. The maximum Gasteiger partial charge on any atom is 0.339 e. The summed E-state index contributed by atoms with van der Waals surface area (Å²) in [4.78, 5) is 29.9. The van der Waals surface area contributed by atoms with E-state index in [4.69, 9.17) is 27.9 Å². The minimum absolute atomic E-state index is 0.219. The fourth-order valence-corrected chi connectivity index (χ4v) is 3.56. The molecule has 4 rings (SSSR count). The summed E-state index contributed by atoms with van der Waals surface area (Å²) in [5, 5.41) is 3.77. The predicted molar refractivity (Wildman–Crippen MR) is 127 cm³/mol. The molecular weight excluding hydrogens is 447 g/mol. The van der Waals surface area contributed by atoms with Crippen molar-refractivity contribution < 1.29 is 14.3 Å². The molecule has 1 amide bonds. The number of rotatable bonds is 5. The molecule has 0 unspecified atom stereocenters. The largest absolute Gasteiger partial charge is 0.452 e. The van der Waals surface area contributed by atoms with Crippen LogP contribution in [-0.2, 0) is 9.53 Å². The van der Waals surface area contributed by atoms with Crippen molar-refractivity contribution in [2.45, 2.75) is 6.92 Å². The van der Waals surface area contributed by atoms with E-state index in [1.54, 1.807) is 30.3 Å². The summed E-state index contributed by atoms with van der Waals surface area (Å²) in [7, 11) is 0. The van der Waals surface area contributed by atoms with Crippen molar-refractivity contribution in [1.29, 1.82) is 0 Å². The Labute approximate surface area is 194 Å². The average molecular weight is 465 g/mol. The van der Waals surface area contributed by atoms with Crippen molar-refractivity contribution in [3.8, 4) is 11.3 Å². The van der Waals surface area contributed by atoms with E-state index in [1.807, 2.05) is 49.4 Å². The normalized spacial score (nSPS) is 10.7. The van der Waals surface area contributed by atoms with Crippen LogP contribution in [0.15, 0.2) is 72.8 Å². The molecular formula is C25H18Cl2N2O3. The topological polar surface area (TPSA) is 68.3 Å². The molecule has 0 fully saturated rings. The first-order chi connectivity index (χ1) is 15.4. The Morgan fingerprint density at radius 3 is 2.50 bits per heavy atom. The zero-order valence-corrected chi connectivity index (χ0v) is 18.6. The van der Waals surface area contributed by atoms with E-state index in [0.717, 1.165) is 11.1 Å². The minimum Gasteiger partial charge on any atom is -0.452 e. The predicted octanol–water partition coefficient (Wildman–Crippen LogP) is 6.31. The molecule has 160 valence electrons. The number of aryl methyl sites for hydroxylation is 1. The van der Waals surface area contributed by atoms with Gasteiger partial charge >= 0.3 is 5.97 Å². The number of esters is 1. The van der Waals surface area contributed by atoms with Crippen LogP contribution in [0.1, 0.15) is 15.9 Å². The Kier molecular flexibility index (Phi) is 6.40. The highest BCUT2D eigenvalue weighted by Crippen LogP contribution is 2.29. The number of carbonyl (C=O) groups excluding carboxylic acids is 2. The lowest BCUT2D eigenvalue weighted by molar-refractivity contribution is -0.119. The number of pyridine rings is 1. The first kappa shape index (κ1) is 21.8. The number of fused-ring (bicyclic) bond motifs is 1. The van der Waals surface area contributed by atoms with E-state index in [9.17, 15) is 9.59 Å². The van der Waals surface area contributed by atoms with Crippen LogP contribution in [0.3, 0.4) is 0 Å². The number of hydrogen-bond acceptors (Lipinski definition) is 4. The minimum atomic E-state index is -0.621. The lowest BCUT2D eigenvalue weighted by Gasteiger charge is -2.11. The van der Waals surface area contributed by atoms with Crippen LogP contribution < -0.4 is 5.32 Å². The van der Waals surface area contributed by atoms with Crippen molar-refractivity contribution in [3.05, 3.63) is 94.0 Å². The standard InChI is InChI=1S/C25H18Cl2N2O3/c1-15-9-11-16(12-10-15)22-13-18(17-5-2-3-7-20(17)28-22)25(31)32-14-23(30)29-21-8-4-6-19(26)24(21)27/h2-13H,14H2,1H3,(H,29,30). The zero-order valence-electron chi connectivity index (χ0n) is 17.1. The maximum atomic E-state index is 12.9. The third-order valence-corrected chi connectivity index (χ3v) is 5.66. The lowest BCUT2D eigenvalue weighted by atomic mass is 10.0. The number of anilines is 1. The number of aromatic nitrogens is 1. The summed E-state index contributed by atoms with van der Waals surface area (Å²) >= 11 is 12.0. The molecule has 0 aliphatic heterocycles. The number of carbonyl (C=O) groups is 2. The number of halogens is 2. The van der Waals surface area contributed by atoms with Gasteiger partial charge in [0.1, 0.15) is 0 Å². The zero-order chi connectivity index (χ0) is 22.7. The highest BCUT2D eigenvalue weighted by atomic mass is 35.5. The number of ether oxygens (including phenoxy) is 1. The second-order valence-electron chi connectivity index (χ2n) is 7.16. The molecule has 0 aliphatic carbocycles. The van der Waals surface area contributed by atoms with E-state index in [2.05, 4.69) is 10.3 Å². The molecule has 0 bridgehead atoms. The molecule has 0 atom stereocenters. The van der Waals surface area contributed by atoms with E-state index >= 15 is 0 Å².